The van der Waals surface area contributed by atoms with Crippen LogP contribution in [0.3, 0.4) is 0 Å². The molecule has 5 nitrogen and oxygen atoms in total. The number of nitrogens with one attached hydrogen (secondary N) is 1. The SMILES string of the molecule is O=C(O)CN(C(=O)C1CNC1)C1CCCC1. The zero-order valence-electron chi connectivity index (χ0n) is 9.32. The second-order valence-corrected chi connectivity index (χ2v) is 4.65. The molecule has 16 heavy (non-hydrogen) atoms. The van der Waals surface area contributed by atoms with Crippen LogP contribution in [0.5, 0.6) is 0 Å². The number of rotatable bonds is 4. The normalized spacial score (nSPS) is 21.8. The van der Waals surface area contributed by atoms with Gasteiger partial charge >= 0.3 is 5.97 Å². The molecule has 1 aliphatic carbocycles. The highest BCUT2D eigenvalue weighted by Crippen LogP contribution is 2.25. The van der Waals surface area contributed by atoms with Crippen LogP contribution in [0.25, 0.3) is 0 Å². The predicted molar refractivity (Wildman–Crippen MR) is 58.0 cm³/mol. The Morgan fingerprint density at radius 1 is 1.25 bits per heavy atom. The first-order valence-electron chi connectivity index (χ1n) is 5.91. The average molecular weight is 226 g/mol. The van der Waals surface area contributed by atoms with E-state index in [1.807, 2.05) is 0 Å². The van der Waals surface area contributed by atoms with Crippen molar-refractivity contribution < 1.29 is 14.7 Å². The van der Waals surface area contributed by atoms with Crippen molar-refractivity contribution in [2.24, 2.45) is 5.92 Å². The van der Waals surface area contributed by atoms with Gasteiger partial charge in [-0.2, -0.15) is 0 Å². The fourth-order valence-corrected chi connectivity index (χ4v) is 2.45. The summed E-state index contributed by atoms with van der Waals surface area (Å²) in [6.45, 7) is 1.25. The van der Waals surface area contributed by atoms with E-state index in [1.165, 1.54) is 0 Å². The standard InChI is InChI=1S/C11H18N2O3/c14-10(15)7-13(9-3-1-2-4-9)11(16)8-5-12-6-8/h8-9,12H,1-7H2,(H,14,15). The Labute approximate surface area is 94.8 Å². The smallest absolute Gasteiger partial charge is 0.323 e. The van der Waals surface area contributed by atoms with E-state index in [0.717, 1.165) is 25.7 Å². The van der Waals surface area contributed by atoms with E-state index in [9.17, 15) is 9.59 Å². The number of hydrogen-bond donors (Lipinski definition) is 2. The van der Waals surface area contributed by atoms with Crippen LogP contribution in [0.4, 0.5) is 0 Å². The molecule has 0 aromatic carbocycles. The Balaban J connectivity index is 2.00. The maximum absolute atomic E-state index is 12.1. The van der Waals surface area contributed by atoms with E-state index >= 15 is 0 Å². The molecule has 1 saturated carbocycles. The van der Waals surface area contributed by atoms with Crippen molar-refractivity contribution in [1.29, 1.82) is 0 Å². The zero-order chi connectivity index (χ0) is 11.5. The first kappa shape index (κ1) is 11.4. The van der Waals surface area contributed by atoms with Gasteiger partial charge in [-0.25, -0.2) is 0 Å². The van der Waals surface area contributed by atoms with Gasteiger partial charge in [0.05, 0.1) is 5.92 Å². The molecule has 2 N–H and O–H groups in total. The van der Waals surface area contributed by atoms with Crippen LogP contribution in [0.2, 0.25) is 0 Å². The minimum atomic E-state index is -0.910. The van der Waals surface area contributed by atoms with E-state index in [0.29, 0.717) is 13.1 Å². The van der Waals surface area contributed by atoms with Gasteiger partial charge in [-0.05, 0) is 12.8 Å². The first-order chi connectivity index (χ1) is 7.68. The third-order valence-corrected chi connectivity index (χ3v) is 3.48. The summed E-state index contributed by atoms with van der Waals surface area (Å²) in [7, 11) is 0. The van der Waals surface area contributed by atoms with Crippen LogP contribution >= 0.6 is 0 Å². The summed E-state index contributed by atoms with van der Waals surface area (Å²) in [5, 5.41) is 11.9. The first-order valence-corrected chi connectivity index (χ1v) is 5.91. The zero-order valence-corrected chi connectivity index (χ0v) is 9.32. The van der Waals surface area contributed by atoms with Crippen LogP contribution in [0.15, 0.2) is 0 Å². The van der Waals surface area contributed by atoms with Gasteiger partial charge < -0.3 is 15.3 Å². The highest BCUT2D eigenvalue weighted by atomic mass is 16.4. The number of hydrogen-bond acceptors (Lipinski definition) is 3. The lowest BCUT2D eigenvalue weighted by Crippen LogP contribution is -2.55. The predicted octanol–water partition coefficient (Wildman–Crippen LogP) is 0.0616. The lowest BCUT2D eigenvalue weighted by atomic mass is 10.0. The molecule has 0 aromatic heterocycles. The molecule has 5 heteroatoms. The largest absolute Gasteiger partial charge is 0.480 e. The van der Waals surface area contributed by atoms with Gasteiger partial charge in [-0.15, -0.1) is 0 Å². The van der Waals surface area contributed by atoms with Gasteiger partial charge in [0.25, 0.3) is 0 Å². The van der Waals surface area contributed by atoms with Crippen LogP contribution in [-0.4, -0.2) is 47.6 Å². The molecule has 0 bridgehead atoms. The van der Waals surface area contributed by atoms with Crippen molar-refractivity contribution in [3.05, 3.63) is 0 Å². The van der Waals surface area contributed by atoms with Crippen molar-refractivity contribution in [3.8, 4) is 0 Å². The van der Waals surface area contributed by atoms with E-state index in [2.05, 4.69) is 5.32 Å². The van der Waals surface area contributed by atoms with E-state index in [4.69, 9.17) is 5.11 Å². The summed E-state index contributed by atoms with van der Waals surface area (Å²) in [6, 6.07) is 0.157. The average Bonchev–Trinajstić information content (AvgIpc) is 2.63. The second kappa shape index (κ2) is 4.82. The summed E-state index contributed by atoms with van der Waals surface area (Å²) < 4.78 is 0. The fourth-order valence-electron chi connectivity index (χ4n) is 2.45. The molecule has 1 saturated heterocycles. The molecule has 1 amide bonds. The lowest BCUT2D eigenvalue weighted by Gasteiger charge is -2.35. The van der Waals surface area contributed by atoms with Crippen LogP contribution < -0.4 is 5.32 Å². The molecule has 1 aliphatic heterocycles. The van der Waals surface area contributed by atoms with Crippen molar-refractivity contribution in [2.75, 3.05) is 19.6 Å². The van der Waals surface area contributed by atoms with E-state index < -0.39 is 5.97 Å². The van der Waals surface area contributed by atoms with Gasteiger partial charge in [0, 0.05) is 19.1 Å². The Bertz CT molecular complexity index is 283. The molecule has 2 rings (SSSR count). The summed E-state index contributed by atoms with van der Waals surface area (Å²) in [5.41, 5.74) is 0. The number of carboxylic acids is 1. The van der Waals surface area contributed by atoms with Crippen LogP contribution in [0, 0.1) is 5.92 Å². The van der Waals surface area contributed by atoms with E-state index in [-0.39, 0.29) is 24.4 Å². The molecule has 1 heterocycles. The molecule has 0 aromatic rings. The minimum absolute atomic E-state index is 0.0000463. The Morgan fingerprint density at radius 3 is 2.31 bits per heavy atom. The number of carboxylic acid groups (broad SMARTS) is 1. The maximum atomic E-state index is 12.1. The summed E-state index contributed by atoms with van der Waals surface area (Å²) in [5.74, 6) is -0.888. The van der Waals surface area contributed by atoms with Crippen LogP contribution in [0.1, 0.15) is 25.7 Å². The van der Waals surface area contributed by atoms with Gasteiger partial charge in [0.15, 0.2) is 0 Å². The molecule has 0 radical (unpaired) electrons. The minimum Gasteiger partial charge on any atom is -0.480 e. The molecule has 0 unspecified atom stereocenters. The molecular weight excluding hydrogens is 208 g/mol. The van der Waals surface area contributed by atoms with Crippen LogP contribution in [-0.2, 0) is 9.59 Å². The lowest BCUT2D eigenvalue weighted by molar-refractivity contribution is -0.149. The highest BCUT2D eigenvalue weighted by Gasteiger charge is 2.34. The third-order valence-electron chi connectivity index (χ3n) is 3.48. The quantitative estimate of drug-likeness (QED) is 0.711. The Kier molecular flexibility index (Phi) is 3.43. The van der Waals surface area contributed by atoms with Crippen molar-refractivity contribution in [2.45, 2.75) is 31.7 Å². The summed E-state index contributed by atoms with van der Waals surface area (Å²) in [6.07, 6.45) is 4.13. The van der Waals surface area contributed by atoms with Gasteiger partial charge in [0.2, 0.25) is 5.91 Å². The molecule has 2 aliphatic rings. The highest BCUT2D eigenvalue weighted by molar-refractivity contribution is 5.84. The number of aliphatic carboxylic acids is 1. The third kappa shape index (κ3) is 2.35. The maximum Gasteiger partial charge on any atom is 0.323 e. The number of carbonyl (C=O) groups is 2. The van der Waals surface area contributed by atoms with Gasteiger partial charge in [0.1, 0.15) is 6.54 Å². The molecule has 90 valence electrons. The number of nitrogens with zero attached hydrogens (tertiary/aromatic N) is 1. The summed E-state index contributed by atoms with van der Waals surface area (Å²) in [4.78, 5) is 24.4. The molecular formula is C11H18N2O3. The molecule has 2 fully saturated rings. The Hall–Kier alpha value is -1.10. The Morgan fingerprint density at radius 2 is 1.88 bits per heavy atom. The number of carbonyl (C=O) groups excluding carboxylic acids is 1. The number of amides is 1. The molecule has 0 spiro atoms. The topological polar surface area (TPSA) is 69.6 Å². The van der Waals surface area contributed by atoms with Gasteiger partial charge in [-0.3, -0.25) is 9.59 Å². The van der Waals surface area contributed by atoms with E-state index in [1.54, 1.807) is 4.90 Å². The summed E-state index contributed by atoms with van der Waals surface area (Å²) >= 11 is 0. The monoisotopic (exact) mass is 226 g/mol. The van der Waals surface area contributed by atoms with Crippen molar-refractivity contribution in [1.82, 2.24) is 10.2 Å². The van der Waals surface area contributed by atoms with Gasteiger partial charge in [-0.1, -0.05) is 12.8 Å². The van der Waals surface area contributed by atoms with Crippen molar-refractivity contribution in [3.63, 3.8) is 0 Å². The van der Waals surface area contributed by atoms with Crippen molar-refractivity contribution >= 4 is 11.9 Å². The second-order valence-electron chi connectivity index (χ2n) is 4.65. The fraction of sp³-hybridized carbons (Fsp3) is 0.818. The molecule has 0 atom stereocenters.